The number of carbonyl (C=O) groups is 1. The third-order valence-corrected chi connectivity index (χ3v) is 11.4. The number of pyridine rings is 1. The number of halogens is 1. The number of aryl methyl sites for hydroxylation is 6. The number of esters is 1. The lowest BCUT2D eigenvalue weighted by Gasteiger charge is -2.12. The first-order valence-corrected chi connectivity index (χ1v) is 20.1. The van der Waals surface area contributed by atoms with Crippen molar-refractivity contribution in [3.8, 4) is 22.6 Å². The number of nitrogens with one attached hydrogen (secondary N) is 1. The van der Waals surface area contributed by atoms with E-state index in [-0.39, 0.29) is 6.61 Å². The second-order valence-electron chi connectivity index (χ2n) is 14.8. The molecule has 0 fully saturated rings. The van der Waals surface area contributed by atoms with Crippen LogP contribution < -0.4 is 14.8 Å². The lowest BCUT2D eigenvalue weighted by molar-refractivity contribution is 0.0589. The SMILES string of the molecule is COC(=O)c1c(CCCO)c2ccc(Cl)c(-c3c(CNCc4cc(CCc5cc(OCc6ccc(OC)cc6)c6ncccc6c5)n(C)n4)nn4c3CCC4)c2n1C. The maximum absolute atomic E-state index is 13.1. The fraction of sp³-hybridized carbons (Fsp3) is 0.333. The molecule has 0 atom stereocenters. The van der Waals surface area contributed by atoms with Gasteiger partial charge >= 0.3 is 5.97 Å². The van der Waals surface area contributed by atoms with Crippen molar-refractivity contribution in [2.45, 2.75) is 64.8 Å². The van der Waals surface area contributed by atoms with E-state index in [1.165, 1.54) is 7.11 Å². The monoisotopic (exact) mass is 801 g/mol. The van der Waals surface area contributed by atoms with E-state index in [2.05, 4.69) is 39.2 Å². The number of aliphatic hydroxyl groups excluding tert-OH is 1. The standard InChI is InChI=1S/C45H48ClN7O5/c1-51-43-35(34(9-7-21-54)44(51)45(55)57-4)17-18-36(46)40(43)41-37(50-53-20-6-10-38(41)53)26-47-25-31-24-32(52(2)49-31)14-11-29-22-30-8-5-19-48-42(30)39(23-29)58-27-28-12-15-33(56-3)16-13-28/h5,8,12-13,15-19,22-24,47,54H,6-7,9-11,14,20-21,25-27H2,1-4H3. The van der Waals surface area contributed by atoms with Gasteiger partial charge in [-0.25, -0.2) is 4.79 Å². The minimum Gasteiger partial charge on any atom is -0.497 e. The van der Waals surface area contributed by atoms with Crippen LogP contribution in [0.4, 0.5) is 0 Å². The fourth-order valence-corrected chi connectivity index (χ4v) is 8.58. The van der Waals surface area contributed by atoms with Gasteiger partial charge in [0.1, 0.15) is 29.3 Å². The molecule has 4 aromatic heterocycles. The highest BCUT2D eigenvalue weighted by Gasteiger charge is 2.30. The summed E-state index contributed by atoms with van der Waals surface area (Å²) in [5.74, 6) is 1.16. The number of benzene rings is 3. The highest BCUT2D eigenvalue weighted by atomic mass is 35.5. The number of carbonyl (C=O) groups excluding carboxylic acids is 1. The Balaban J connectivity index is 0.995. The molecule has 0 radical (unpaired) electrons. The van der Waals surface area contributed by atoms with Gasteiger partial charge in [0.25, 0.3) is 0 Å². The number of hydrogen-bond acceptors (Lipinski definition) is 9. The molecule has 300 valence electrons. The van der Waals surface area contributed by atoms with Crippen molar-refractivity contribution in [2.24, 2.45) is 14.1 Å². The highest BCUT2D eigenvalue weighted by Crippen LogP contribution is 2.43. The predicted molar refractivity (Wildman–Crippen MR) is 224 cm³/mol. The number of rotatable bonds is 16. The third-order valence-electron chi connectivity index (χ3n) is 11.1. The van der Waals surface area contributed by atoms with Crippen molar-refractivity contribution < 1.29 is 24.1 Å². The molecule has 12 nitrogen and oxygen atoms in total. The zero-order chi connectivity index (χ0) is 40.3. The quantitative estimate of drug-likeness (QED) is 0.0968. The van der Waals surface area contributed by atoms with Gasteiger partial charge in [-0.3, -0.25) is 14.3 Å². The summed E-state index contributed by atoms with van der Waals surface area (Å²) >= 11 is 7.08. The molecular weight excluding hydrogens is 754 g/mol. The van der Waals surface area contributed by atoms with Crippen molar-refractivity contribution in [2.75, 3.05) is 20.8 Å². The molecule has 0 amide bonds. The Hall–Kier alpha value is -5.69. The van der Waals surface area contributed by atoms with Gasteiger partial charge in [0, 0.05) is 79.8 Å². The summed E-state index contributed by atoms with van der Waals surface area (Å²) in [5, 5.41) is 25.8. The first-order chi connectivity index (χ1) is 28.3. The maximum Gasteiger partial charge on any atom is 0.354 e. The van der Waals surface area contributed by atoms with E-state index in [0.717, 1.165) is 116 Å². The molecule has 5 heterocycles. The number of hydrogen-bond donors (Lipinski definition) is 2. The smallest absolute Gasteiger partial charge is 0.354 e. The van der Waals surface area contributed by atoms with Crippen LogP contribution in [0.5, 0.6) is 11.5 Å². The first-order valence-electron chi connectivity index (χ1n) is 19.7. The van der Waals surface area contributed by atoms with Crippen LogP contribution in [0.25, 0.3) is 32.9 Å². The van der Waals surface area contributed by atoms with Crippen LogP contribution in [0.1, 0.15) is 62.8 Å². The Bertz CT molecular complexity index is 2610. The van der Waals surface area contributed by atoms with Crippen LogP contribution >= 0.6 is 11.6 Å². The van der Waals surface area contributed by atoms with Crippen LogP contribution in [-0.4, -0.2) is 61.0 Å². The Labute approximate surface area is 342 Å². The average Bonchev–Trinajstić information content (AvgIpc) is 4.00. The van der Waals surface area contributed by atoms with Gasteiger partial charge in [-0.05, 0) is 97.7 Å². The lowest BCUT2D eigenvalue weighted by atomic mass is 9.97. The van der Waals surface area contributed by atoms with Gasteiger partial charge in [0.05, 0.1) is 36.1 Å². The number of methoxy groups -OCH3 is 2. The normalized spacial score (nSPS) is 12.4. The molecule has 13 heteroatoms. The topological polar surface area (TPSA) is 130 Å². The Kier molecular flexibility index (Phi) is 11.5. The molecule has 0 unspecified atom stereocenters. The molecule has 0 spiro atoms. The van der Waals surface area contributed by atoms with E-state index >= 15 is 0 Å². The average molecular weight is 802 g/mol. The third kappa shape index (κ3) is 7.67. The summed E-state index contributed by atoms with van der Waals surface area (Å²) in [6.45, 7) is 2.35. The molecular formula is C45H48ClN7O5. The van der Waals surface area contributed by atoms with Crippen LogP contribution in [0, 0.1) is 0 Å². The molecule has 2 N–H and O–H groups in total. The van der Waals surface area contributed by atoms with E-state index < -0.39 is 5.97 Å². The van der Waals surface area contributed by atoms with E-state index in [4.69, 9.17) is 36.0 Å². The van der Waals surface area contributed by atoms with Gasteiger partial charge in [0.15, 0.2) is 0 Å². The first kappa shape index (κ1) is 39.2. The van der Waals surface area contributed by atoms with Crippen molar-refractivity contribution in [3.63, 3.8) is 0 Å². The minimum atomic E-state index is -0.417. The molecule has 1 aliphatic rings. The molecule has 1 aliphatic heterocycles. The molecule has 0 saturated carbocycles. The largest absolute Gasteiger partial charge is 0.497 e. The summed E-state index contributed by atoms with van der Waals surface area (Å²) in [6, 6.07) is 22.2. The van der Waals surface area contributed by atoms with Crippen molar-refractivity contribution in [3.05, 3.63) is 123 Å². The van der Waals surface area contributed by atoms with Gasteiger partial charge in [-0.2, -0.15) is 10.2 Å². The Morgan fingerprint density at radius 3 is 2.59 bits per heavy atom. The Morgan fingerprint density at radius 1 is 0.948 bits per heavy atom. The number of fused-ring (bicyclic) bond motifs is 3. The minimum absolute atomic E-state index is 0.0211. The number of nitrogens with zero attached hydrogens (tertiary/aromatic N) is 6. The van der Waals surface area contributed by atoms with Crippen molar-refractivity contribution in [1.82, 2.24) is 34.4 Å². The molecule has 7 aromatic rings. The number of aliphatic hydroxyl groups is 1. The zero-order valence-electron chi connectivity index (χ0n) is 33.3. The summed E-state index contributed by atoms with van der Waals surface area (Å²) in [6.07, 6.45) is 6.36. The summed E-state index contributed by atoms with van der Waals surface area (Å²) in [7, 11) is 6.92. The summed E-state index contributed by atoms with van der Waals surface area (Å²) in [5.41, 5.74) is 11.2. The fourth-order valence-electron chi connectivity index (χ4n) is 8.33. The zero-order valence-corrected chi connectivity index (χ0v) is 34.1. The van der Waals surface area contributed by atoms with Crippen LogP contribution in [-0.2, 0) is 70.8 Å². The highest BCUT2D eigenvalue weighted by molar-refractivity contribution is 6.35. The summed E-state index contributed by atoms with van der Waals surface area (Å²) < 4.78 is 22.8. The van der Waals surface area contributed by atoms with Crippen molar-refractivity contribution in [1.29, 1.82) is 0 Å². The van der Waals surface area contributed by atoms with Crippen molar-refractivity contribution >= 4 is 39.4 Å². The van der Waals surface area contributed by atoms with Crippen LogP contribution in [0.3, 0.4) is 0 Å². The molecule has 0 saturated heterocycles. The van der Waals surface area contributed by atoms with Gasteiger partial charge in [-0.1, -0.05) is 35.9 Å². The van der Waals surface area contributed by atoms with Crippen LogP contribution in [0.2, 0.25) is 5.02 Å². The number of ether oxygens (including phenoxy) is 3. The maximum atomic E-state index is 13.1. The van der Waals surface area contributed by atoms with E-state index in [1.54, 1.807) is 13.3 Å². The Morgan fingerprint density at radius 2 is 1.79 bits per heavy atom. The van der Waals surface area contributed by atoms with Gasteiger partial charge in [0.2, 0.25) is 0 Å². The molecule has 3 aromatic carbocycles. The number of aromatic nitrogens is 6. The molecule has 0 bridgehead atoms. The molecule has 58 heavy (non-hydrogen) atoms. The molecule has 8 rings (SSSR count). The van der Waals surface area contributed by atoms with Gasteiger partial charge < -0.3 is 29.2 Å². The van der Waals surface area contributed by atoms with E-state index in [0.29, 0.717) is 43.3 Å². The predicted octanol–water partition coefficient (Wildman–Crippen LogP) is 7.30. The lowest BCUT2D eigenvalue weighted by Crippen LogP contribution is -2.15. The molecule has 0 aliphatic carbocycles. The summed E-state index contributed by atoms with van der Waals surface area (Å²) in [4.78, 5) is 17.7. The second-order valence-corrected chi connectivity index (χ2v) is 15.2. The van der Waals surface area contributed by atoms with E-state index in [1.807, 2.05) is 65.8 Å². The van der Waals surface area contributed by atoms with Crippen LogP contribution in [0.15, 0.2) is 72.9 Å². The van der Waals surface area contributed by atoms with E-state index in [9.17, 15) is 9.90 Å². The second kappa shape index (κ2) is 17.0. The van der Waals surface area contributed by atoms with Gasteiger partial charge in [-0.15, -0.1) is 0 Å².